The number of aliphatic carboxylic acids is 1. The summed E-state index contributed by atoms with van der Waals surface area (Å²) in [5.74, 6) is -0.615. The quantitative estimate of drug-likeness (QED) is 0.703. The molecule has 4 nitrogen and oxygen atoms in total. The molecule has 0 saturated heterocycles. The zero-order valence-corrected chi connectivity index (χ0v) is 12.9. The van der Waals surface area contributed by atoms with Crippen molar-refractivity contribution < 1.29 is 14.7 Å². The lowest BCUT2D eigenvalue weighted by atomic mass is 10.1. The highest BCUT2D eigenvalue weighted by Crippen LogP contribution is 2.18. The lowest BCUT2D eigenvalue weighted by Gasteiger charge is -2.27. The lowest BCUT2D eigenvalue weighted by Crippen LogP contribution is -2.36. The van der Waals surface area contributed by atoms with Crippen LogP contribution in [0, 0.1) is 0 Å². The van der Waals surface area contributed by atoms with Crippen LogP contribution in [0.5, 0.6) is 0 Å². The number of carbonyl (C=O) groups is 2. The molecule has 0 radical (unpaired) electrons. The van der Waals surface area contributed by atoms with Crippen LogP contribution in [-0.2, 0) is 9.59 Å². The third-order valence-corrected chi connectivity index (χ3v) is 3.35. The van der Waals surface area contributed by atoms with Crippen LogP contribution in [0.2, 0.25) is 0 Å². The van der Waals surface area contributed by atoms with Crippen molar-refractivity contribution >= 4 is 17.6 Å². The average molecular weight is 291 g/mol. The van der Waals surface area contributed by atoms with Crippen LogP contribution >= 0.6 is 0 Å². The van der Waals surface area contributed by atoms with Crippen molar-refractivity contribution in [1.29, 1.82) is 0 Å². The number of carboxylic acids is 1. The van der Waals surface area contributed by atoms with Gasteiger partial charge in [-0.15, -0.1) is 0 Å². The summed E-state index contributed by atoms with van der Waals surface area (Å²) in [4.78, 5) is 24.6. The second-order valence-electron chi connectivity index (χ2n) is 5.50. The van der Waals surface area contributed by atoms with Gasteiger partial charge in [0, 0.05) is 24.6 Å². The molecule has 0 aliphatic carbocycles. The number of rotatable bonds is 9. The summed E-state index contributed by atoms with van der Waals surface area (Å²) in [5, 5.41) is 8.56. The number of hydrogen-bond donors (Lipinski definition) is 1. The topological polar surface area (TPSA) is 57.6 Å². The summed E-state index contributed by atoms with van der Waals surface area (Å²) in [6, 6.07) is 9.84. The maximum Gasteiger partial charge on any atom is 0.303 e. The highest BCUT2D eigenvalue weighted by Gasteiger charge is 2.17. The van der Waals surface area contributed by atoms with Gasteiger partial charge in [-0.05, 0) is 38.8 Å². The lowest BCUT2D eigenvalue weighted by molar-refractivity contribution is -0.137. The Morgan fingerprint density at radius 3 is 2.10 bits per heavy atom. The van der Waals surface area contributed by atoms with Crippen molar-refractivity contribution in [2.45, 2.75) is 58.4 Å². The Bertz CT molecular complexity index is 443. The molecular formula is C17H25NO3. The summed E-state index contributed by atoms with van der Waals surface area (Å²) < 4.78 is 0. The molecule has 0 aromatic heterocycles. The predicted octanol–water partition coefficient (Wildman–Crippen LogP) is 3.85. The van der Waals surface area contributed by atoms with Crippen molar-refractivity contribution in [2.24, 2.45) is 0 Å². The van der Waals surface area contributed by atoms with Crippen LogP contribution in [0.1, 0.15) is 52.4 Å². The highest BCUT2D eigenvalue weighted by atomic mass is 16.4. The van der Waals surface area contributed by atoms with E-state index in [0.29, 0.717) is 12.8 Å². The van der Waals surface area contributed by atoms with E-state index in [0.717, 1.165) is 24.9 Å². The first-order chi connectivity index (χ1) is 10.0. The predicted molar refractivity (Wildman–Crippen MR) is 84.4 cm³/mol. The van der Waals surface area contributed by atoms with E-state index in [-0.39, 0.29) is 18.4 Å². The molecule has 0 fully saturated rings. The molecule has 0 bridgehead atoms. The minimum absolute atomic E-state index is 0.131. The van der Waals surface area contributed by atoms with Gasteiger partial charge in [-0.2, -0.15) is 0 Å². The van der Waals surface area contributed by atoms with E-state index >= 15 is 0 Å². The van der Waals surface area contributed by atoms with Crippen molar-refractivity contribution in [3.63, 3.8) is 0 Å². The Labute approximate surface area is 126 Å². The van der Waals surface area contributed by atoms with Crippen molar-refractivity contribution in [3.8, 4) is 0 Å². The molecule has 1 aromatic carbocycles. The third-order valence-electron chi connectivity index (χ3n) is 3.35. The van der Waals surface area contributed by atoms with Crippen LogP contribution in [0.3, 0.4) is 0 Å². The van der Waals surface area contributed by atoms with Gasteiger partial charge in [0.25, 0.3) is 0 Å². The number of anilines is 1. The van der Waals surface area contributed by atoms with E-state index in [9.17, 15) is 9.59 Å². The fourth-order valence-electron chi connectivity index (χ4n) is 2.35. The van der Waals surface area contributed by atoms with Crippen molar-refractivity contribution in [1.82, 2.24) is 0 Å². The summed E-state index contributed by atoms with van der Waals surface area (Å²) in [7, 11) is 0. The number of carboxylic acid groups (broad SMARTS) is 1. The van der Waals surface area contributed by atoms with Gasteiger partial charge in [-0.3, -0.25) is 9.59 Å². The molecule has 0 atom stereocenters. The van der Waals surface area contributed by atoms with Gasteiger partial charge in [-0.25, -0.2) is 0 Å². The van der Waals surface area contributed by atoms with Crippen molar-refractivity contribution in [2.75, 3.05) is 4.90 Å². The normalized spacial score (nSPS) is 10.6. The molecule has 0 unspecified atom stereocenters. The maximum absolute atomic E-state index is 12.4. The first-order valence-corrected chi connectivity index (χ1v) is 7.61. The minimum atomic E-state index is -0.749. The fraction of sp³-hybridized carbons (Fsp3) is 0.529. The van der Waals surface area contributed by atoms with Gasteiger partial charge in [0.1, 0.15) is 0 Å². The smallest absolute Gasteiger partial charge is 0.303 e. The molecule has 116 valence electrons. The van der Waals surface area contributed by atoms with Gasteiger partial charge in [-0.1, -0.05) is 31.0 Å². The fourth-order valence-corrected chi connectivity index (χ4v) is 2.35. The van der Waals surface area contributed by atoms with E-state index in [1.54, 1.807) is 0 Å². The summed E-state index contributed by atoms with van der Waals surface area (Å²) >= 11 is 0. The van der Waals surface area contributed by atoms with E-state index < -0.39 is 5.97 Å². The zero-order chi connectivity index (χ0) is 15.7. The molecule has 1 aromatic rings. The molecular weight excluding hydrogens is 266 g/mol. The van der Waals surface area contributed by atoms with E-state index in [1.165, 1.54) is 0 Å². The van der Waals surface area contributed by atoms with E-state index in [2.05, 4.69) is 0 Å². The Hall–Kier alpha value is -1.84. The number of unbranched alkanes of at least 4 members (excludes halogenated alkanes) is 3. The van der Waals surface area contributed by atoms with Crippen LogP contribution in [0.15, 0.2) is 30.3 Å². The van der Waals surface area contributed by atoms with Crippen LogP contribution in [0.4, 0.5) is 5.69 Å². The third kappa shape index (κ3) is 6.43. The molecule has 0 saturated carbocycles. The van der Waals surface area contributed by atoms with Crippen molar-refractivity contribution in [3.05, 3.63) is 30.3 Å². The molecule has 1 N–H and O–H groups in total. The van der Waals surface area contributed by atoms with Gasteiger partial charge < -0.3 is 10.0 Å². The summed E-state index contributed by atoms with van der Waals surface area (Å²) in [5.41, 5.74) is 0.934. The molecule has 0 aliphatic rings. The summed E-state index contributed by atoms with van der Waals surface area (Å²) in [6.45, 7) is 4.02. The molecule has 0 aliphatic heterocycles. The zero-order valence-electron chi connectivity index (χ0n) is 12.9. The molecule has 1 rings (SSSR count). The number of carbonyl (C=O) groups excluding carboxylic acids is 1. The monoisotopic (exact) mass is 291 g/mol. The van der Waals surface area contributed by atoms with Crippen LogP contribution in [-0.4, -0.2) is 23.0 Å². The average Bonchev–Trinajstić information content (AvgIpc) is 2.43. The second kappa shape index (κ2) is 9.16. The molecule has 21 heavy (non-hydrogen) atoms. The molecule has 0 spiro atoms. The number of hydrogen-bond acceptors (Lipinski definition) is 2. The Kier molecular flexibility index (Phi) is 7.51. The Morgan fingerprint density at radius 1 is 1.00 bits per heavy atom. The standard InChI is InChI=1S/C17H25NO3/c1-14(2)18(15-10-6-5-7-11-15)16(19)12-8-3-4-9-13-17(20)21/h5-7,10-11,14H,3-4,8-9,12-13H2,1-2H3,(H,20,21). The maximum atomic E-state index is 12.4. The second-order valence-corrected chi connectivity index (χ2v) is 5.50. The number of para-hydroxylation sites is 1. The largest absolute Gasteiger partial charge is 0.481 e. The summed E-state index contributed by atoms with van der Waals surface area (Å²) in [6.07, 6.45) is 4.01. The highest BCUT2D eigenvalue weighted by molar-refractivity contribution is 5.93. The first-order valence-electron chi connectivity index (χ1n) is 7.61. The number of amides is 1. The van der Waals surface area contributed by atoms with E-state index in [4.69, 9.17) is 5.11 Å². The number of benzene rings is 1. The SMILES string of the molecule is CC(C)N(C(=O)CCCCCCC(=O)O)c1ccccc1. The molecule has 0 heterocycles. The Morgan fingerprint density at radius 2 is 1.57 bits per heavy atom. The van der Waals surface area contributed by atoms with Gasteiger partial charge in [0.05, 0.1) is 0 Å². The Balaban J connectivity index is 2.39. The van der Waals surface area contributed by atoms with Gasteiger partial charge >= 0.3 is 5.97 Å². The van der Waals surface area contributed by atoms with E-state index in [1.807, 2.05) is 49.1 Å². The number of nitrogens with zero attached hydrogens (tertiary/aromatic N) is 1. The van der Waals surface area contributed by atoms with Gasteiger partial charge in [0.2, 0.25) is 5.91 Å². The van der Waals surface area contributed by atoms with Crippen LogP contribution < -0.4 is 4.90 Å². The molecule has 1 amide bonds. The van der Waals surface area contributed by atoms with Gasteiger partial charge in [0.15, 0.2) is 0 Å². The minimum Gasteiger partial charge on any atom is -0.481 e. The first kappa shape index (κ1) is 17.2. The van der Waals surface area contributed by atoms with Crippen LogP contribution in [0.25, 0.3) is 0 Å². The molecule has 4 heteroatoms.